The first kappa shape index (κ1) is 15.8. The van der Waals surface area contributed by atoms with Crippen molar-refractivity contribution in [3.8, 4) is 0 Å². The molecule has 1 fully saturated rings. The van der Waals surface area contributed by atoms with E-state index in [-0.39, 0.29) is 36.0 Å². The molecule has 0 aromatic carbocycles. The van der Waals surface area contributed by atoms with Gasteiger partial charge in [0, 0.05) is 12.8 Å². The van der Waals surface area contributed by atoms with Crippen LogP contribution >= 0.6 is 0 Å². The van der Waals surface area contributed by atoms with Gasteiger partial charge in [0.1, 0.15) is 12.2 Å². The van der Waals surface area contributed by atoms with Gasteiger partial charge in [-0.2, -0.15) is 0 Å². The van der Waals surface area contributed by atoms with E-state index < -0.39 is 0 Å². The van der Waals surface area contributed by atoms with Crippen LogP contribution in [-0.4, -0.2) is 24.1 Å². The van der Waals surface area contributed by atoms with Gasteiger partial charge >= 0.3 is 11.9 Å². The highest BCUT2D eigenvalue weighted by atomic mass is 16.6. The van der Waals surface area contributed by atoms with E-state index in [9.17, 15) is 9.59 Å². The lowest BCUT2D eigenvalue weighted by molar-refractivity contribution is -0.145. The van der Waals surface area contributed by atoms with E-state index >= 15 is 0 Å². The second-order valence-corrected chi connectivity index (χ2v) is 6.19. The second-order valence-electron chi connectivity index (χ2n) is 6.19. The van der Waals surface area contributed by atoms with Crippen molar-refractivity contribution < 1.29 is 19.1 Å². The third kappa shape index (κ3) is 3.74. The van der Waals surface area contributed by atoms with Crippen LogP contribution in [0.25, 0.3) is 0 Å². The average Bonchev–Trinajstić information content (AvgIpc) is 2.64. The minimum atomic E-state index is -0.286. The summed E-state index contributed by atoms with van der Waals surface area (Å²) in [6.45, 7) is 7.38. The maximum absolute atomic E-state index is 11.9. The van der Waals surface area contributed by atoms with Crippen molar-refractivity contribution in [1.82, 2.24) is 0 Å². The molecule has 4 heteroatoms. The fourth-order valence-corrected chi connectivity index (χ4v) is 3.08. The summed E-state index contributed by atoms with van der Waals surface area (Å²) < 4.78 is 11.0. The SMILES string of the molecule is CC(=O)O[C@@H]1C[C@H]2[C@H](/C=C(\C)CC/C=C/1C)OC(=O)[C@@H]2C. The molecular weight excluding hydrogens is 268 g/mol. The Morgan fingerprint density at radius 2 is 2.10 bits per heavy atom. The van der Waals surface area contributed by atoms with Crippen LogP contribution in [0.1, 0.15) is 47.0 Å². The number of fused-ring (bicyclic) bond motifs is 1. The van der Waals surface area contributed by atoms with Crippen LogP contribution in [0.3, 0.4) is 0 Å². The molecule has 0 bridgehead atoms. The molecule has 2 rings (SSSR count). The van der Waals surface area contributed by atoms with Crippen LogP contribution < -0.4 is 0 Å². The standard InChI is InChI=1S/C17H24O4/c1-10-6-5-7-11(2)15(20-13(4)18)9-14-12(3)17(19)21-16(14)8-10/h7-8,12,14-16H,5-6,9H2,1-4H3/b10-8+,11-7+/t12-,14-,15-,16+/m1/s1. The van der Waals surface area contributed by atoms with E-state index in [0.29, 0.717) is 6.42 Å². The zero-order chi connectivity index (χ0) is 15.6. The van der Waals surface area contributed by atoms with Crippen molar-refractivity contribution >= 4 is 11.9 Å². The van der Waals surface area contributed by atoms with Crippen LogP contribution in [0, 0.1) is 11.8 Å². The van der Waals surface area contributed by atoms with Gasteiger partial charge in [-0.1, -0.05) is 18.6 Å². The zero-order valence-electron chi connectivity index (χ0n) is 13.2. The lowest BCUT2D eigenvalue weighted by Crippen LogP contribution is -2.28. The quantitative estimate of drug-likeness (QED) is 0.550. The van der Waals surface area contributed by atoms with Crippen LogP contribution in [0.4, 0.5) is 0 Å². The van der Waals surface area contributed by atoms with E-state index in [4.69, 9.17) is 9.47 Å². The highest BCUT2D eigenvalue weighted by Gasteiger charge is 2.42. The summed E-state index contributed by atoms with van der Waals surface area (Å²) in [6, 6.07) is 0. The van der Waals surface area contributed by atoms with E-state index in [2.05, 4.69) is 19.1 Å². The topological polar surface area (TPSA) is 52.6 Å². The first-order valence-corrected chi connectivity index (χ1v) is 7.60. The Bertz CT molecular complexity index is 489. The Hall–Kier alpha value is -1.58. The summed E-state index contributed by atoms with van der Waals surface area (Å²) in [4.78, 5) is 23.2. The predicted molar refractivity (Wildman–Crippen MR) is 79.5 cm³/mol. The van der Waals surface area contributed by atoms with Crippen molar-refractivity contribution in [2.75, 3.05) is 0 Å². The molecule has 0 aromatic rings. The van der Waals surface area contributed by atoms with Gasteiger partial charge in [0.15, 0.2) is 0 Å². The van der Waals surface area contributed by atoms with Crippen LogP contribution in [-0.2, 0) is 19.1 Å². The molecule has 4 atom stereocenters. The lowest BCUT2D eigenvalue weighted by atomic mass is 9.83. The third-order valence-corrected chi connectivity index (χ3v) is 4.44. The fourth-order valence-electron chi connectivity index (χ4n) is 3.08. The summed E-state index contributed by atoms with van der Waals surface area (Å²) in [6.07, 6.45) is 6.20. The van der Waals surface area contributed by atoms with Gasteiger partial charge in [-0.25, -0.2) is 0 Å². The van der Waals surface area contributed by atoms with Gasteiger partial charge in [-0.05, 0) is 44.8 Å². The molecule has 4 nitrogen and oxygen atoms in total. The predicted octanol–water partition coefficient (Wildman–Crippen LogP) is 3.17. The molecule has 2 aliphatic rings. The Morgan fingerprint density at radius 1 is 1.38 bits per heavy atom. The van der Waals surface area contributed by atoms with Crippen LogP contribution in [0.15, 0.2) is 23.3 Å². The number of carbonyl (C=O) groups is 2. The van der Waals surface area contributed by atoms with E-state index in [0.717, 1.165) is 18.4 Å². The first-order valence-electron chi connectivity index (χ1n) is 7.60. The summed E-state index contributed by atoms with van der Waals surface area (Å²) >= 11 is 0. The maximum Gasteiger partial charge on any atom is 0.309 e. The fraction of sp³-hybridized carbons (Fsp3) is 0.647. The highest BCUT2D eigenvalue weighted by molar-refractivity contribution is 5.75. The van der Waals surface area contributed by atoms with Gasteiger partial charge in [0.25, 0.3) is 0 Å². The van der Waals surface area contributed by atoms with E-state index in [1.165, 1.54) is 12.5 Å². The highest BCUT2D eigenvalue weighted by Crippen LogP contribution is 2.36. The first-order chi connectivity index (χ1) is 9.88. The molecule has 21 heavy (non-hydrogen) atoms. The molecular formula is C17H24O4. The summed E-state index contributed by atoms with van der Waals surface area (Å²) in [5.41, 5.74) is 2.30. The van der Waals surface area contributed by atoms with Crippen molar-refractivity contribution in [2.45, 2.75) is 59.2 Å². The third-order valence-electron chi connectivity index (χ3n) is 4.44. The molecule has 0 unspecified atom stereocenters. The Morgan fingerprint density at radius 3 is 2.76 bits per heavy atom. The van der Waals surface area contributed by atoms with Gasteiger partial charge < -0.3 is 9.47 Å². The number of carbonyl (C=O) groups excluding carboxylic acids is 2. The minimum absolute atomic E-state index is 0.0539. The van der Waals surface area contributed by atoms with Crippen LogP contribution in [0.2, 0.25) is 0 Å². The monoisotopic (exact) mass is 292 g/mol. The largest absolute Gasteiger partial charge is 0.458 e. The van der Waals surface area contributed by atoms with Crippen LogP contribution in [0.5, 0.6) is 0 Å². The average molecular weight is 292 g/mol. The smallest absolute Gasteiger partial charge is 0.309 e. The second kappa shape index (κ2) is 6.46. The van der Waals surface area contributed by atoms with E-state index in [1.54, 1.807) is 0 Å². The number of esters is 2. The molecule has 0 amide bonds. The molecule has 0 radical (unpaired) electrons. The van der Waals surface area contributed by atoms with Gasteiger partial charge in [0.05, 0.1) is 5.92 Å². The summed E-state index contributed by atoms with van der Waals surface area (Å²) in [5.74, 6) is -0.551. The number of ether oxygens (including phenoxy) is 2. The Labute approximate surface area is 126 Å². The summed E-state index contributed by atoms with van der Waals surface area (Å²) in [7, 11) is 0. The number of hydrogen-bond donors (Lipinski definition) is 0. The summed E-state index contributed by atoms with van der Waals surface area (Å²) in [5, 5.41) is 0. The molecule has 0 saturated carbocycles. The number of rotatable bonds is 1. The molecule has 1 aliphatic heterocycles. The zero-order valence-corrected chi connectivity index (χ0v) is 13.2. The van der Waals surface area contributed by atoms with Crippen molar-refractivity contribution in [2.24, 2.45) is 11.8 Å². The Balaban J connectivity index is 2.29. The molecule has 0 aromatic heterocycles. The van der Waals surface area contributed by atoms with E-state index in [1.807, 2.05) is 13.8 Å². The minimum Gasteiger partial charge on any atom is -0.458 e. The van der Waals surface area contributed by atoms with Crippen molar-refractivity contribution in [1.29, 1.82) is 0 Å². The van der Waals surface area contributed by atoms with Gasteiger partial charge in [0.2, 0.25) is 0 Å². The van der Waals surface area contributed by atoms with Crippen molar-refractivity contribution in [3.05, 3.63) is 23.3 Å². The normalized spacial score (nSPS) is 38.4. The van der Waals surface area contributed by atoms with Crippen molar-refractivity contribution in [3.63, 3.8) is 0 Å². The molecule has 1 saturated heterocycles. The molecule has 0 spiro atoms. The Kier molecular flexibility index (Phi) is 4.86. The number of hydrogen-bond acceptors (Lipinski definition) is 4. The molecule has 0 N–H and O–H groups in total. The molecule has 116 valence electrons. The lowest BCUT2D eigenvalue weighted by Gasteiger charge is -2.25. The molecule has 1 aliphatic carbocycles. The molecule has 1 heterocycles. The van der Waals surface area contributed by atoms with Gasteiger partial charge in [-0.3, -0.25) is 9.59 Å². The van der Waals surface area contributed by atoms with Gasteiger partial charge in [-0.15, -0.1) is 0 Å². The number of allylic oxidation sites excluding steroid dienone is 2. The maximum atomic E-state index is 11.9.